The summed E-state index contributed by atoms with van der Waals surface area (Å²) < 4.78 is 0. The van der Waals surface area contributed by atoms with Gasteiger partial charge in [0, 0.05) is 12.0 Å². The van der Waals surface area contributed by atoms with Crippen molar-refractivity contribution in [2.24, 2.45) is 11.1 Å². The number of hydrogen-bond acceptors (Lipinski definition) is 4. The minimum absolute atomic E-state index is 0.0411. The van der Waals surface area contributed by atoms with Crippen molar-refractivity contribution in [1.82, 2.24) is 4.90 Å². The number of rotatable bonds is 6. The first-order chi connectivity index (χ1) is 10.1. The highest BCUT2D eigenvalue weighted by atomic mass is 16.4. The maximum absolute atomic E-state index is 12.7. The Morgan fingerprint density at radius 1 is 1.00 bits per heavy atom. The van der Waals surface area contributed by atoms with Gasteiger partial charge in [-0.25, -0.2) is 4.79 Å². The zero-order valence-corrected chi connectivity index (χ0v) is 15.1. The van der Waals surface area contributed by atoms with E-state index < -0.39 is 40.4 Å². The first kappa shape index (κ1) is 21.4. The van der Waals surface area contributed by atoms with Crippen LogP contribution in [-0.4, -0.2) is 50.1 Å². The fourth-order valence-corrected chi connectivity index (χ4v) is 2.56. The van der Waals surface area contributed by atoms with Gasteiger partial charge in [0.2, 0.25) is 5.91 Å². The van der Waals surface area contributed by atoms with Crippen molar-refractivity contribution < 1.29 is 24.6 Å². The fourth-order valence-electron chi connectivity index (χ4n) is 2.56. The van der Waals surface area contributed by atoms with Gasteiger partial charge in [-0.2, -0.15) is 0 Å². The van der Waals surface area contributed by atoms with E-state index in [1.165, 1.54) is 11.8 Å². The molecule has 0 fully saturated rings. The van der Waals surface area contributed by atoms with E-state index >= 15 is 0 Å². The second-order valence-electron chi connectivity index (χ2n) is 8.01. The lowest BCUT2D eigenvalue weighted by Gasteiger charge is -2.52. The van der Waals surface area contributed by atoms with Crippen molar-refractivity contribution in [2.75, 3.05) is 0 Å². The molecule has 0 rings (SSSR count). The molecule has 0 aliphatic carbocycles. The van der Waals surface area contributed by atoms with Gasteiger partial charge in [0.05, 0.1) is 0 Å². The van der Waals surface area contributed by atoms with E-state index in [4.69, 9.17) is 10.8 Å². The van der Waals surface area contributed by atoms with Crippen LogP contribution < -0.4 is 5.73 Å². The number of nitrogens with two attached hydrogens (primary N) is 1. The molecule has 0 aromatic heterocycles. The lowest BCUT2D eigenvalue weighted by atomic mass is 9.71. The quantitative estimate of drug-likeness (QED) is 0.681. The summed E-state index contributed by atoms with van der Waals surface area (Å²) in [6.45, 7) is 12.1. The third-order valence-electron chi connectivity index (χ3n) is 4.23. The van der Waals surface area contributed by atoms with Crippen LogP contribution in [0.25, 0.3) is 0 Å². The second kappa shape index (κ2) is 6.86. The minimum Gasteiger partial charge on any atom is -0.480 e. The average molecular weight is 330 g/mol. The van der Waals surface area contributed by atoms with Gasteiger partial charge in [0.1, 0.15) is 11.6 Å². The van der Waals surface area contributed by atoms with Crippen molar-refractivity contribution in [3.05, 3.63) is 0 Å². The number of carbonyl (C=O) groups excluding carboxylic acids is 1. The summed E-state index contributed by atoms with van der Waals surface area (Å²) in [5, 5.41) is 18.6. The van der Waals surface area contributed by atoms with Gasteiger partial charge in [-0.05, 0) is 39.5 Å². The van der Waals surface area contributed by atoms with E-state index in [9.17, 15) is 19.5 Å². The minimum atomic E-state index is -1.45. The van der Waals surface area contributed by atoms with Gasteiger partial charge in [-0.15, -0.1) is 0 Å². The molecular formula is C16H30N2O5. The van der Waals surface area contributed by atoms with Crippen molar-refractivity contribution in [3.63, 3.8) is 0 Å². The Balaban J connectivity index is 5.75. The monoisotopic (exact) mass is 330 g/mol. The lowest BCUT2D eigenvalue weighted by molar-refractivity contribution is -0.174. The van der Waals surface area contributed by atoms with Crippen molar-refractivity contribution in [2.45, 2.75) is 78.4 Å². The van der Waals surface area contributed by atoms with Crippen LogP contribution in [0.1, 0.15) is 61.3 Å². The molecular weight excluding hydrogens is 300 g/mol. The highest BCUT2D eigenvalue weighted by Crippen LogP contribution is 2.40. The van der Waals surface area contributed by atoms with E-state index in [1.54, 1.807) is 41.5 Å². The van der Waals surface area contributed by atoms with E-state index in [0.717, 1.165) is 0 Å². The van der Waals surface area contributed by atoms with Crippen molar-refractivity contribution >= 4 is 17.8 Å². The number of carboxylic acids is 2. The zero-order valence-electron chi connectivity index (χ0n) is 15.1. The topological polar surface area (TPSA) is 121 Å². The van der Waals surface area contributed by atoms with Crippen molar-refractivity contribution in [1.29, 1.82) is 0 Å². The van der Waals surface area contributed by atoms with Crippen LogP contribution in [0.5, 0.6) is 0 Å². The Bertz CT molecular complexity index is 476. The molecule has 23 heavy (non-hydrogen) atoms. The summed E-state index contributed by atoms with van der Waals surface area (Å²) >= 11 is 0. The van der Waals surface area contributed by atoms with Crippen LogP contribution in [0.4, 0.5) is 0 Å². The van der Waals surface area contributed by atoms with Crippen molar-refractivity contribution in [3.8, 4) is 0 Å². The molecule has 0 aromatic rings. The zero-order chi connectivity index (χ0) is 18.8. The molecule has 1 amide bonds. The average Bonchev–Trinajstić information content (AvgIpc) is 2.32. The predicted molar refractivity (Wildman–Crippen MR) is 86.9 cm³/mol. The van der Waals surface area contributed by atoms with Crippen LogP contribution in [0.3, 0.4) is 0 Å². The summed E-state index contributed by atoms with van der Waals surface area (Å²) in [5.74, 6) is -2.71. The number of carbonyl (C=O) groups is 3. The molecule has 0 radical (unpaired) electrons. The normalized spacial score (nSPS) is 16.3. The van der Waals surface area contributed by atoms with Gasteiger partial charge in [0.25, 0.3) is 0 Å². The summed E-state index contributed by atoms with van der Waals surface area (Å²) in [7, 11) is 0. The molecule has 0 saturated heterocycles. The summed E-state index contributed by atoms with van der Waals surface area (Å²) in [6.07, 6.45) is -0.162. The molecule has 7 nitrogen and oxygen atoms in total. The van der Waals surface area contributed by atoms with E-state index in [1.807, 2.05) is 0 Å². The van der Waals surface area contributed by atoms with Crippen LogP contribution in [0, 0.1) is 5.41 Å². The highest BCUT2D eigenvalue weighted by Gasteiger charge is 2.54. The van der Waals surface area contributed by atoms with E-state index in [0.29, 0.717) is 0 Å². The Labute approximate surface area is 137 Å². The Morgan fingerprint density at radius 3 is 1.70 bits per heavy atom. The molecule has 7 heteroatoms. The molecule has 0 heterocycles. The third-order valence-corrected chi connectivity index (χ3v) is 4.23. The smallest absolute Gasteiger partial charge is 0.329 e. The third kappa shape index (κ3) is 4.67. The molecule has 134 valence electrons. The summed E-state index contributed by atoms with van der Waals surface area (Å²) in [4.78, 5) is 36.9. The molecule has 0 bridgehead atoms. The van der Waals surface area contributed by atoms with E-state index in [2.05, 4.69) is 0 Å². The fraction of sp³-hybridized carbons (Fsp3) is 0.812. The van der Waals surface area contributed by atoms with Crippen LogP contribution in [-0.2, 0) is 14.4 Å². The first-order valence-corrected chi connectivity index (χ1v) is 7.61. The predicted octanol–water partition coefficient (Wildman–Crippen LogP) is 1.69. The SMILES string of the molecule is CC(C)(C)N(C(=O)CC[C@H](N)C(=O)O)[C@](C)(C(=O)O)C(C)(C)C. The molecule has 0 aliphatic heterocycles. The van der Waals surface area contributed by atoms with Gasteiger partial charge in [0.15, 0.2) is 0 Å². The number of aliphatic carboxylic acids is 2. The number of carboxylic acid groups (broad SMARTS) is 2. The number of nitrogens with zero attached hydrogens (tertiary/aromatic N) is 1. The highest BCUT2D eigenvalue weighted by molar-refractivity contribution is 5.88. The molecule has 2 atom stereocenters. The van der Waals surface area contributed by atoms with Crippen LogP contribution in [0.15, 0.2) is 0 Å². The number of hydrogen-bond donors (Lipinski definition) is 3. The van der Waals surface area contributed by atoms with Gasteiger partial charge >= 0.3 is 11.9 Å². The Kier molecular flexibility index (Phi) is 6.38. The molecule has 4 N–H and O–H groups in total. The maximum Gasteiger partial charge on any atom is 0.329 e. The van der Waals surface area contributed by atoms with Gasteiger partial charge in [-0.3, -0.25) is 9.59 Å². The standard InChI is InChI=1S/C16H30N2O5/c1-14(2,3)16(7,13(22)23)18(15(4,5)6)11(19)9-8-10(17)12(20)21/h10H,8-9,17H2,1-7H3,(H,20,21)(H,22,23)/t10-,16+/m0/s1. The van der Waals surface area contributed by atoms with Gasteiger partial charge < -0.3 is 20.8 Å². The summed E-state index contributed by atoms with van der Waals surface area (Å²) in [5.41, 5.74) is 2.52. The van der Waals surface area contributed by atoms with Crippen LogP contribution in [0.2, 0.25) is 0 Å². The maximum atomic E-state index is 12.7. The first-order valence-electron chi connectivity index (χ1n) is 7.61. The molecule has 0 aliphatic rings. The molecule has 0 aromatic carbocycles. The molecule has 0 unspecified atom stereocenters. The van der Waals surface area contributed by atoms with Gasteiger partial charge in [-0.1, -0.05) is 20.8 Å². The summed E-state index contributed by atoms with van der Waals surface area (Å²) in [6, 6.07) is -1.15. The largest absolute Gasteiger partial charge is 0.480 e. The molecule has 0 saturated carbocycles. The molecule has 0 spiro atoms. The Hall–Kier alpha value is -1.63. The van der Waals surface area contributed by atoms with Crippen LogP contribution >= 0.6 is 0 Å². The van der Waals surface area contributed by atoms with E-state index in [-0.39, 0.29) is 12.8 Å². The lowest BCUT2D eigenvalue weighted by Crippen LogP contribution is -2.67. The number of amides is 1. The second-order valence-corrected chi connectivity index (χ2v) is 8.01. The Morgan fingerprint density at radius 2 is 1.43 bits per heavy atom.